The van der Waals surface area contributed by atoms with E-state index in [9.17, 15) is 0 Å². The molecule has 0 aliphatic heterocycles. The number of thiazole rings is 1. The third-order valence-electron chi connectivity index (χ3n) is 2.69. The van der Waals surface area contributed by atoms with Crippen LogP contribution in [-0.2, 0) is 13.2 Å². The van der Waals surface area contributed by atoms with Crippen LogP contribution in [0.2, 0.25) is 0 Å². The van der Waals surface area contributed by atoms with E-state index in [1.165, 1.54) is 0 Å². The van der Waals surface area contributed by atoms with E-state index in [4.69, 9.17) is 9.47 Å². The maximum atomic E-state index is 5.87. The molecule has 0 atom stereocenters. The lowest BCUT2D eigenvalue weighted by Crippen LogP contribution is -2.12. The Kier molecular flexibility index (Phi) is 5.18. The highest BCUT2D eigenvalue weighted by atomic mass is 32.1. The Labute approximate surface area is 117 Å². The van der Waals surface area contributed by atoms with E-state index in [2.05, 4.69) is 17.2 Å². The van der Waals surface area contributed by atoms with Gasteiger partial charge in [-0.2, -0.15) is 0 Å². The van der Waals surface area contributed by atoms with Crippen molar-refractivity contribution in [1.29, 1.82) is 0 Å². The van der Waals surface area contributed by atoms with E-state index in [1.54, 1.807) is 18.4 Å². The van der Waals surface area contributed by atoms with Gasteiger partial charge in [0, 0.05) is 24.4 Å². The van der Waals surface area contributed by atoms with Crippen molar-refractivity contribution < 1.29 is 9.47 Å². The van der Waals surface area contributed by atoms with Crippen LogP contribution in [-0.4, -0.2) is 18.6 Å². The number of hydrogen-bond donors (Lipinski definition) is 1. The molecule has 19 heavy (non-hydrogen) atoms. The van der Waals surface area contributed by atoms with Gasteiger partial charge in [0.25, 0.3) is 0 Å². The quantitative estimate of drug-likeness (QED) is 0.846. The first-order valence-corrected chi connectivity index (χ1v) is 7.09. The van der Waals surface area contributed by atoms with E-state index >= 15 is 0 Å². The molecule has 0 unspecified atom stereocenters. The minimum absolute atomic E-state index is 0.539. The number of aromatic nitrogens is 1. The highest BCUT2D eigenvalue weighted by Crippen LogP contribution is 2.26. The summed E-state index contributed by atoms with van der Waals surface area (Å²) in [6, 6.07) is 5.91. The molecular formula is C14H18N2O2S. The topological polar surface area (TPSA) is 43.4 Å². The molecule has 1 heterocycles. The second kappa shape index (κ2) is 7.11. The maximum Gasteiger partial charge on any atom is 0.128 e. The second-order valence-electron chi connectivity index (χ2n) is 4.01. The highest BCUT2D eigenvalue weighted by molar-refractivity contribution is 7.09. The van der Waals surface area contributed by atoms with Gasteiger partial charge in [-0.15, -0.1) is 11.3 Å². The minimum Gasteiger partial charge on any atom is -0.497 e. The number of hydrogen-bond acceptors (Lipinski definition) is 5. The minimum atomic E-state index is 0.539. The molecule has 4 nitrogen and oxygen atoms in total. The molecule has 0 radical (unpaired) electrons. The fourth-order valence-electron chi connectivity index (χ4n) is 1.66. The summed E-state index contributed by atoms with van der Waals surface area (Å²) in [7, 11) is 1.66. The van der Waals surface area contributed by atoms with Crippen molar-refractivity contribution in [3.05, 3.63) is 40.3 Å². The van der Waals surface area contributed by atoms with E-state index in [0.29, 0.717) is 6.61 Å². The standard InChI is InChI=1S/C14H18N2O2S/c1-3-15-7-11-4-5-12(17-2)6-14(11)18-9-13-8-16-10-19-13/h4-6,8,10,15H,3,7,9H2,1-2H3. The van der Waals surface area contributed by atoms with Crippen LogP contribution in [0.3, 0.4) is 0 Å². The molecule has 2 rings (SSSR count). The SMILES string of the molecule is CCNCc1ccc(OC)cc1OCc1cncs1. The number of benzene rings is 1. The van der Waals surface area contributed by atoms with Gasteiger partial charge in [0.1, 0.15) is 18.1 Å². The van der Waals surface area contributed by atoms with Crippen molar-refractivity contribution in [2.24, 2.45) is 0 Å². The summed E-state index contributed by atoms with van der Waals surface area (Å²) in [6.07, 6.45) is 1.83. The van der Waals surface area contributed by atoms with Crippen LogP contribution in [0.25, 0.3) is 0 Å². The second-order valence-corrected chi connectivity index (χ2v) is 4.98. The average Bonchev–Trinajstić information content (AvgIpc) is 2.96. The molecule has 0 saturated heterocycles. The van der Waals surface area contributed by atoms with Crippen LogP contribution in [0.15, 0.2) is 29.9 Å². The Morgan fingerprint density at radius 1 is 1.37 bits per heavy atom. The van der Waals surface area contributed by atoms with Crippen molar-refractivity contribution in [3.8, 4) is 11.5 Å². The smallest absolute Gasteiger partial charge is 0.128 e. The average molecular weight is 278 g/mol. The molecule has 0 bridgehead atoms. The zero-order valence-electron chi connectivity index (χ0n) is 11.2. The fourth-order valence-corrected chi connectivity index (χ4v) is 2.17. The van der Waals surface area contributed by atoms with Gasteiger partial charge in [-0.25, -0.2) is 0 Å². The van der Waals surface area contributed by atoms with Gasteiger partial charge in [-0.05, 0) is 12.6 Å². The van der Waals surface area contributed by atoms with Gasteiger partial charge in [0.15, 0.2) is 0 Å². The molecule has 1 aromatic heterocycles. The number of rotatable bonds is 7. The van der Waals surface area contributed by atoms with Crippen molar-refractivity contribution in [2.75, 3.05) is 13.7 Å². The van der Waals surface area contributed by atoms with E-state index in [0.717, 1.165) is 35.0 Å². The Morgan fingerprint density at radius 2 is 2.26 bits per heavy atom. The summed E-state index contributed by atoms with van der Waals surface area (Å²) in [5.41, 5.74) is 2.94. The normalized spacial score (nSPS) is 10.4. The molecule has 2 aromatic rings. The fraction of sp³-hybridized carbons (Fsp3) is 0.357. The largest absolute Gasteiger partial charge is 0.497 e. The number of ether oxygens (including phenoxy) is 2. The Bertz CT molecular complexity index is 500. The number of nitrogens with zero attached hydrogens (tertiary/aromatic N) is 1. The van der Waals surface area contributed by atoms with Gasteiger partial charge in [0.2, 0.25) is 0 Å². The molecule has 0 aliphatic carbocycles. The van der Waals surface area contributed by atoms with Gasteiger partial charge in [-0.1, -0.05) is 13.0 Å². The Hall–Kier alpha value is -1.59. The van der Waals surface area contributed by atoms with Gasteiger partial charge >= 0.3 is 0 Å². The molecule has 102 valence electrons. The van der Waals surface area contributed by atoms with Crippen LogP contribution in [0.4, 0.5) is 0 Å². The van der Waals surface area contributed by atoms with Crippen LogP contribution in [0, 0.1) is 0 Å². The molecule has 1 N–H and O–H groups in total. The van der Waals surface area contributed by atoms with Gasteiger partial charge < -0.3 is 14.8 Å². The molecule has 0 spiro atoms. The predicted molar refractivity (Wildman–Crippen MR) is 76.8 cm³/mol. The number of nitrogens with one attached hydrogen (secondary N) is 1. The lowest BCUT2D eigenvalue weighted by atomic mass is 10.2. The highest BCUT2D eigenvalue weighted by Gasteiger charge is 2.06. The summed E-state index contributed by atoms with van der Waals surface area (Å²) in [5, 5.41) is 3.31. The summed E-state index contributed by atoms with van der Waals surface area (Å²) in [5.74, 6) is 1.66. The van der Waals surface area contributed by atoms with E-state index < -0.39 is 0 Å². The van der Waals surface area contributed by atoms with Crippen molar-refractivity contribution in [1.82, 2.24) is 10.3 Å². The third-order valence-corrected chi connectivity index (χ3v) is 3.45. The molecule has 5 heteroatoms. The molecule has 1 aromatic carbocycles. The van der Waals surface area contributed by atoms with Crippen molar-refractivity contribution in [3.63, 3.8) is 0 Å². The van der Waals surface area contributed by atoms with Crippen molar-refractivity contribution in [2.45, 2.75) is 20.1 Å². The van der Waals surface area contributed by atoms with Crippen LogP contribution < -0.4 is 14.8 Å². The summed E-state index contributed by atoms with van der Waals surface area (Å²) < 4.78 is 11.1. The molecule has 0 fully saturated rings. The number of methoxy groups -OCH3 is 1. The molecule has 0 amide bonds. The van der Waals surface area contributed by atoms with Crippen molar-refractivity contribution >= 4 is 11.3 Å². The predicted octanol–water partition coefficient (Wildman–Crippen LogP) is 2.84. The maximum absolute atomic E-state index is 5.87. The molecule has 0 saturated carbocycles. The zero-order chi connectivity index (χ0) is 13.5. The first kappa shape index (κ1) is 13.8. The summed E-state index contributed by atoms with van der Waals surface area (Å²) in [4.78, 5) is 5.15. The third kappa shape index (κ3) is 3.94. The van der Waals surface area contributed by atoms with Gasteiger partial charge in [-0.3, -0.25) is 4.98 Å². The molecular weight excluding hydrogens is 260 g/mol. The molecule has 0 aliphatic rings. The first-order chi connectivity index (χ1) is 9.33. The lowest BCUT2D eigenvalue weighted by molar-refractivity contribution is 0.302. The first-order valence-electron chi connectivity index (χ1n) is 6.21. The van der Waals surface area contributed by atoms with Crippen LogP contribution >= 0.6 is 11.3 Å². The monoisotopic (exact) mass is 278 g/mol. The van der Waals surface area contributed by atoms with Crippen LogP contribution in [0.1, 0.15) is 17.4 Å². The summed E-state index contributed by atoms with van der Waals surface area (Å²) >= 11 is 1.59. The van der Waals surface area contributed by atoms with E-state index in [1.807, 2.05) is 29.9 Å². The van der Waals surface area contributed by atoms with Gasteiger partial charge in [0.05, 0.1) is 17.5 Å². The van der Waals surface area contributed by atoms with Crippen LogP contribution in [0.5, 0.6) is 11.5 Å². The Balaban J connectivity index is 2.10. The lowest BCUT2D eigenvalue weighted by Gasteiger charge is -2.12. The summed E-state index contributed by atoms with van der Waals surface area (Å²) in [6.45, 7) is 4.34. The zero-order valence-corrected chi connectivity index (χ0v) is 12.0. The van der Waals surface area contributed by atoms with E-state index in [-0.39, 0.29) is 0 Å². The Morgan fingerprint density at radius 3 is 2.95 bits per heavy atom.